The van der Waals surface area contributed by atoms with Gasteiger partial charge in [-0.1, -0.05) is 6.07 Å². The molecule has 0 aromatic heterocycles. The summed E-state index contributed by atoms with van der Waals surface area (Å²) >= 11 is 0. The number of amides is 2. The molecule has 0 bridgehead atoms. The number of hydrogen-bond donors (Lipinski definition) is 0. The zero-order valence-corrected chi connectivity index (χ0v) is 15.2. The first-order chi connectivity index (χ1) is 12.0. The van der Waals surface area contributed by atoms with E-state index >= 15 is 0 Å². The fourth-order valence-corrected chi connectivity index (χ4v) is 4.00. The Kier molecular flexibility index (Phi) is 4.99. The summed E-state index contributed by atoms with van der Waals surface area (Å²) < 4.78 is 10.7. The molecule has 2 heterocycles. The van der Waals surface area contributed by atoms with Gasteiger partial charge in [0.2, 0.25) is 5.91 Å². The van der Waals surface area contributed by atoms with Crippen LogP contribution in [0.2, 0.25) is 0 Å². The molecule has 2 saturated heterocycles. The van der Waals surface area contributed by atoms with E-state index in [2.05, 4.69) is 0 Å². The topological polar surface area (TPSA) is 59.1 Å². The summed E-state index contributed by atoms with van der Waals surface area (Å²) in [6.45, 7) is 2.38. The summed E-state index contributed by atoms with van der Waals surface area (Å²) in [5.41, 5.74) is 0.424. The number of benzene rings is 1. The predicted octanol–water partition coefficient (Wildman–Crippen LogP) is 1.65. The van der Waals surface area contributed by atoms with Gasteiger partial charge in [-0.15, -0.1) is 0 Å². The highest BCUT2D eigenvalue weighted by Gasteiger charge is 2.52. The van der Waals surface area contributed by atoms with Crippen LogP contribution in [-0.4, -0.2) is 69.1 Å². The summed E-state index contributed by atoms with van der Waals surface area (Å²) in [5.74, 6) is 0.550. The zero-order chi connectivity index (χ0) is 18.0. The van der Waals surface area contributed by atoms with Crippen LogP contribution in [0, 0.1) is 11.3 Å². The average molecular weight is 346 g/mol. The molecule has 0 N–H and O–H groups in total. The van der Waals surface area contributed by atoms with E-state index in [1.165, 1.54) is 0 Å². The number of nitrogens with zero attached hydrogens (tertiary/aromatic N) is 2. The number of carbonyl (C=O) groups excluding carboxylic acids is 2. The summed E-state index contributed by atoms with van der Waals surface area (Å²) in [6.07, 6.45) is 1.64. The number of ether oxygens (including phenoxy) is 2. The van der Waals surface area contributed by atoms with Crippen molar-refractivity contribution in [1.82, 2.24) is 9.80 Å². The molecule has 2 aliphatic heterocycles. The quantitative estimate of drug-likeness (QED) is 0.835. The van der Waals surface area contributed by atoms with E-state index in [9.17, 15) is 9.59 Å². The molecular weight excluding hydrogens is 320 g/mol. The van der Waals surface area contributed by atoms with Crippen LogP contribution in [0.25, 0.3) is 0 Å². The fourth-order valence-electron chi connectivity index (χ4n) is 4.00. The number of rotatable bonds is 3. The molecule has 1 spiro atoms. The molecule has 1 unspecified atom stereocenters. The molecule has 6 nitrogen and oxygen atoms in total. The van der Waals surface area contributed by atoms with Crippen molar-refractivity contribution >= 4 is 11.8 Å². The Labute approximate surface area is 148 Å². The van der Waals surface area contributed by atoms with Gasteiger partial charge in [-0.25, -0.2) is 0 Å². The summed E-state index contributed by atoms with van der Waals surface area (Å²) in [6, 6.07) is 7.18. The predicted molar refractivity (Wildman–Crippen MR) is 93.6 cm³/mol. The SMILES string of the molecule is COc1cccc(C(=O)N2CC(C(=O)N(C)C)C3(CCOCC3)C2)c1. The Bertz CT molecular complexity index is 653. The molecule has 0 saturated carbocycles. The average Bonchev–Trinajstić information content (AvgIpc) is 2.99. The van der Waals surface area contributed by atoms with Gasteiger partial charge in [-0.05, 0) is 31.0 Å². The normalized spacial score (nSPS) is 22.0. The van der Waals surface area contributed by atoms with Gasteiger partial charge in [0.1, 0.15) is 5.75 Å². The van der Waals surface area contributed by atoms with Crippen LogP contribution in [-0.2, 0) is 9.53 Å². The second-order valence-corrected chi connectivity index (χ2v) is 7.18. The molecular formula is C19H26N2O4. The van der Waals surface area contributed by atoms with Gasteiger partial charge in [-0.3, -0.25) is 9.59 Å². The van der Waals surface area contributed by atoms with Crippen molar-refractivity contribution < 1.29 is 19.1 Å². The van der Waals surface area contributed by atoms with Crippen LogP contribution < -0.4 is 4.74 Å². The van der Waals surface area contributed by atoms with Crippen molar-refractivity contribution in [3.05, 3.63) is 29.8 Å². The van der Waals surface area contributed by atoms with Crippen molar-refractivity contribution in [3.8, 4) is 5.75 Å². The molecule has 1 atom stereocenters. The van der Waals surface area contributed by atoms with Gasteiger partial charge >= 0.3 is 0 Å². The summed E-state index contributed by atoms with van der Waals surface area (Å²) in [5, 5.41) is 0. The standard InChI is InChI=1S/C19H26N2O4/c1-20(2)18(23)16-12-21(13-19(16)7-9-25-10-8-19)17(22)14-5-4-6-15(11-14)24-3/h4-6,11,16H,7-10,12-13H2,1-3H3. The van der Waals surface area contributed by atoms with Gasteiger partial charge in [0.25, 0.3) is 5.91 Å². The molecule has 2 aliphatic rings. The Balaban J connectivity index is 1.85. The van der Waals surface area contributed by atoms with E-state index in [1.54, 1.807) is 38.2 Å². The molecule has 1 aromatic rings. The van der Waals surface area contributed by atoms with Crippen LogP contribution in [0.15, 0.2) is 24.3 Å². The maximum absolute atomic E-state index is 13.0. The maximum atomic E-state index is 13.0. The molecule has 25 heavy (non-hydrogen) atoms. The molecule has 1 aromatic carbocycles. The van der Waals surface area contributed by atoms with Gasteiger partial charge in [0, 0.05) is 51.4 Å². The summed E-state index contributed by atoms with van der Waals surface area (Å²) in [4.78, 5) is 29.2. The molecule has 2 amide bonds. The van der Waals surface area contributed by atoms with E-state index in [0.717, 1.165) is 12.8 Å². The van der Waals surface area contributed by atoms with Crippen LogP contribution in [0.5, 0.6) is 5.75 Å². The van der Waals surface area contributed by atoms with Crippen LogP contribution >= 0.6 is 0 Å². The lowest BCUT2D eigenvalue weighted by Crippen LogP contribution is -2.44. The lowest BCUT2D eigenvalue weighted by Gasteiger charge is -2.37. The van der Waals surface area contributed by atoms with Gasteiger partial charge in [-0.2, -0.15) is 0 Å². The van der Waals surface area contributed by atoms with Crippen molar-refractivity contribution in [2.24, 2.45) is 11.3 Å². The van der Waals surface area contributed by atoms with Crippen molar-refractivity contribution in [1.29, 1.82) is 0 Å². The summed E-state index contributed by atoms with van der Waals surface area (Å²) in [7, 11) is 5.14. The minimum absolute atomic E-state index is 0.0428. The third kappa shape index (κ3) is 3.35. The van der Waals surface area contributed by atoms with E-state index < -0.39 is 0 Å². The number of methoxy groups -OCH3 is 1. The van der Waals surface area contributed by atoms with E-state index in [4.69, 9.17) is 9.47 Å². The Morgan fingerprint density at radius 1 is 1.28 bits per heavy atom. The Morgan fingerprint density at radius 2 is 2.00 bits per heavy atom. The van der Waals surface area contributed by atoms with Crippen LogP contribution in [0.1, 0.15) is 23.2 Å². The molecule has 136 valence electrons. The van der Waals surface area contributed by atoms with Crippen molar-refractivity contribution in [3.63, 3.8) is 0 Å². The van der Waals surface area contributed by atoms with Crippen molar-refractivity contribution in [2.45, 2.75) is 12.8 Å². The molecule has 6 heteroatoms. The number of likely N-dealkylation sites (tertiary alicyclic amines) is 1. The minimum atomic E-state index is -0.172. The third-order valence-electron chi connectivity index (χ3n) is 5.48. The first-order valence-corrected chi connectivity index (χ1v) is 8.69. The van der Waals surface area contributed by atoms with Crippen LogP contribution in [0.3, 0.4) is 0 Å². The second kappa shape index (κ2) is 7.04. The first-order valence-electron chi connectivity index (χ1n) is 8.69. The second-order valence-electron chi connectivity index (χ2n) is 7.18. The monoisotopic (exact) mass is 346 g/mol. The maximum Gasteiger partial charge on any atom is 0.254 e. The molecule has 3 rings (SSSR count). The Hall–Kier alpha value is -2.08. The zero-order valence-electron chi connectivity index (χ0n) is 15.2. The van der Waals surface area contributed by atoms with E-state index in [-0.39, 0.29) is 23.1 Å². The Morgan fingerprint density at radius 3 is 2.64 bits per heavy atom. The highest BCUT2D eigenvalue weighted by molar-refractivity contribution is 5.95. The van der Waals surface area contributed by atoms with Gasteiger partial charge < -0.3 is 19.3 Å². The third-order valence-corrected chi connectivity index (χ3v) is 5.48. The van der Waals surface area contributed by atoms with Crippen molar-refractivity contribution in [2.75, 3.05) is 47.5 Å². The van der Waals surface area contributed by atoms with E-state index in [0.29, 0.717) is 37.6 Å². The lowest BCUT2D eigenvalue weighted by molar-refractivity contribution is -0.138. The molecule has 0 aliphatic carbocycles. The number of carbonyl (C=O) groups is 2. The van der Waals surface area contributed by atoms with E-state index in [1.807, 2.05) is 17.0 Å². The van der Waals surface area contributed by atoms with Gasteiger partial charge in [0.15, 0.2) is 0 Å². The smallest absolute Gasteiger partial charge is 0.254 e. The molecule has 2 fully saturated rings. The lowest BCUT2D eigenvalue weighted by atomic mass is 9.71. The first kappa shape index (κ1) is 17.7. The van der Waals surface area contributed by atoms with Gasteiger partial charge in [0.05, 0.1) is 13.0 Å². The highest BCUT2D eigenvalue weighted by Crippen LogP contribution is 2.45. The number of hydrogen-bond acceptors (Lipinski definition) is 4. The molecule has 0 radical (unpaired) electrons. The highest BCUT2D eigenvalue weighted by atomic mass is 16.5. The fraction of sp³-hybridized carbons (Fsp3) is 0.579. The largest absolute Gasteiger partial charge is 0.497 e. The van der Waals surface area contributed by atoms with Crippen LogP contribution in [0.4, 0.5) is 0 Å². The minimum Gasteiger partial charge on any atom is -0.497 e.